The second-order valence-corrected chi connectivity index (χ2v) is 4.69. The minimum absolute atomic E-state index is 0.200. The maximum Gasteiger partial charge on any atom is 0.326 e. The molecule has 0 unspecified atom stereocenters. The molecule has 0 aliphatic heterocycles. The Morgan fingerprint density at radius 3 is 2.68 bits per heavy atom. The van der Waals surface area contributed by atoms with Crippen molar-refractivity contribution in [3.05, 3.63) is 18.5 Å². The van der Waals surface area contributed by atoms with Crippen LogP contribution >= 0.6 is 0 Å². The maximum atomic E-state index is 11.6. The molecule has 7 nitrogen and oxygen atoms in total. The first-order valence-corrected chi connectivity index (χ1v) is 6.23. The van der Waals surface area contributed by atoms with Gasteiger partial charge < -0.3 is 15.7 Å². The van der Waals surface area contributed by atoms with E-state index in [1.165, 1.54) is 0 Å². The zero-order chi connectivity index (χ0) is 14.3. The zero-order valence-corrected chi connectivity index (χ0v) is 11.2. The van der Waals surface area contributed by atoms with E-state index in [1.807, 2.05) is 13.8 Å². The summed E-state index contributed by atoms with van der Waals surface area (Å²) in [7, 11) is 0. The lowest BCUT2D eigenvalue weighted by atomic mass is 10.0. The van der Waals surface area contributed by atoms with Crippen molar-refractivity contribution in [1.82, 2.24) is 20.4 Å². The first-order chi connectivity index (χ1) is 8.99. The topological polar surface area (TPSA) is 96.3 Å². The molecule has 1 heterocycles. The first kappa shape index (κ1) is 15.0. The summed E-state index contributed by atoms with van der Waals surface area (Å²) in [4.78, 5) is 22.5. The largest absolute Gasteiger partial charge is 0.480 e. The third kappa shape index (κ3) is 5.89. The molecule has 0 aliphatic rings. The predicted molar refractivity (Wildman–Crippen MR) is 69.6 cm³/mol. The highest BCUT2D eigenvalue weighted by Crippen LogP contribution is 2.04. The summed E-state index contributed by atoms with van der Waals surface area (Å²) in [6.45, 7) is 4.75. The van der Waals surface area contributed by atoms with Gasteiger partial charge in [-0.3, -0.25) is 4.68 Å². The van der Waals surface area contributed by atoms with E-state index < -0.39 is 18.0 Å². The van der Waals surface area contributed by atoms with Crippen LogP contribution in [0.5, 0.6) is 0 Å². The monoisotopic (exact) mass is 268 g/mol. The van der Waals surface area contributed by atoms with Gasteiger partial charge in [-0.1, -0.05) is 13.8 Å². The number of nitrogens with zero attached hydrogens (tertiary/aromatic N) is 2. The van der Waals surface area contributed by atoms with Crippen molar-refractivity contribution in [2.75, 3.05) is 6.54 Å². The van der Waals surface area contributed by atoms with E-state index in [9.17, 15) is 9.59 Å². The predicted octanol–water partition coefficient (Wildman–Crippen LogP) is 0.682. The molecule has 2 amide bonds. The molecule has 3 N–H and O–H groups in total. The third-order valence-electron chi connectivity index (χ3n) is 2.50. The maximum absolute atomic E-state index is 11.6. The van der Waals surface area contributed by atoms with Crippen molar-refractivity contribution in [3.8, 4) is 0 Å². The molecule has 0 aliphatic carbocycles. The molecule has 106 valence electrons. The minimum atomic E-state index is -1.02. The van der Waals surface area contributed by atoms with Crippen molar-refractivity contribution in [1.29, 1.82) is 0 Å². The van der Waals surface area contributed by atoms with Crippen LogP contribution in [0.4, 0.5) is 4.79 Å². The number of rotatable bonds is 7. The van der Waals surface area contributed by atoms with Crippen LogP contribution in [0.15, 0.2) is 18.5 Å². The number of urea groups is 1. The number of carbonyl (C=O) groups is 2. The van der Waals surface area contributed by atoms with Crippen molar-refractivity contribution >= 4 is 12.0 Å². The molecule has 0 spiro atoms. The van der Waals surface area contributed by atoms with Gasteiger partial charge in [-0.05, 0) is 18.4 Å². The van der Waals surface area contributed by atoms with Crippen LogP contribution in [-0.2, 0) is 11.3 Å². The third-order valence-corrected chi connectivity index (χ3v) is 2.50. The standard InChI is InChI=1S/C12H20N4O3/c1-9(2)8-10(11(17)18)15-12(19)13-5-7-16-6-3-4-14-16/h3-4,6,9-10H,5,7-8H2,1-2H3,(H,17,18)(H2,13,15,19)/t10-/m1/s1. The fourth-order valence-electron chi connectivity index (χ4n) is 1.62. The number of amides is 2. The smallest absolute Gasteiger partial charge is 0.326 e. The molecule has 0 radical (unpaired) electrons. The molecule has 19 heavy (non-hydrogen) atoms. The lowest BCUT2D eigenvalue weighted by Crippen LogP contribution is -2.47. The van der Waals surface area contributed by atoms with Crippen LogP contribution in [-0.4, -0.2) is 39.5 Å². The van der Waals surface area contributed by atoms with E-state index in [1.54, 1.807) is 23.1 Å². The molecule has 0 fully saturated rings. The Morgan fingerprint density at radius 1 is 1.42 bits per heavy atom. The van der Waals surface area contributed by atoms with E-state index in [2.05, 4.69) is 15.7 Å². The van der Waals surface area contributed by atoms with Gasteiger partial charge in [0.1, 0.15) is 6.04 Å². The van der Waals surface area contributed by atoms with E-state index in [-0.39, 0.29) is 5.92 Å². The van der Waals surface area contributed by atoms with Crippen molar-refractivity contribution in [2.45, 2.75) is 32.9 Å². The Morgan fingerprint density at radius 2 is 2.16 bits per heavy atom. The molecule has 1 aromatic heterocycles. The summed E-state index contributed by atoms with van der Waals surface area (Å²) < 4.78 is 1.68. The van der Waals surface area contributed by atoms with Gasteiger partial charge in [-0.2, -0.15) is 5.10 Å². The van der Waals surface area contributed by atoms with Crippen molar-refractivity contribution in [3.63, 3.8) is 0 Å². The number of hydrogen-bond donors (Lipinski definition) is 3. The Bertz CT molecular complexity index is 403. The number of carboxylic acids is 1. The number of carboxylic acid groups (broad SMARTS) is 1. The molecular weight excluding hydrogens is 248 g/mol. The number of aromatic nitrogens is 2. The molecule has 1 rings (SSSR count). The average molecular weight is 268 g/mol. The Balaban J connectivity index is 2.30. The normalized spacial score (nSPS) is 12.2. The lowest BCUT2D eigenvalue weighted by molar-refractivity contribution is -0.139. The van der Waals surface area contributed by atoms with Gasteiger partial charge in [0.05, 0.1) is 6.54 Å². The second kappa shape index (κ2) is 7.40. The molecular formula is C12H20N4O3. The van der Waals surface area contributed by atoms with Crippen LogP contribution in [0.3, 0.4) is 0 Å². The van der Waals surface area contributed by atoms with E-state index in [0.717, 1.165) is 0 Å². The molecule has 0 aromatic carbocycles. The molecule has 1 atom stereocenters. The van der Waals surface area contributed by atoms with Gasteiger partial charge in [0.2, 0.25) is 0 Å². The highest BCUT2D eigenvalue weighted by atomic mass is 16.4. The van der Waals surface area contributed by atoms with E-state index >= 15 is 0 Å². The zero-order valence-electron chi connectivity index (χ0n) is 11.2. The SMILES string of the molecule is CC(C)C[C@@H](NC(=O)NCCn1cccn1)C(=O)O. The van der Waals surface area contributed by atoms with Gasteiger partial charge >= 0.3 is 12.0 Å². The average Bonchev–Trinajstić information content (AvgIpc) is 2.80. The van der Waals surface area contributed by atoms with Gasteiger partial charge in [-0.15, -0.1) is 0 Å². The lowest BCUT2D eigenvalue weighted by Gasteiger charge is -2.16. The quantitative estimate of drug-likeness (QED) is 0.677. The van der Waals surface area contributed by atoms with Crippen LogP contribution < -0.4 is 10.6 Å². The molecule has 1 aromatic rings. The number of aliphatic carboxylic acids is 1. The number of carbonyl (C=O) groups excluding carboxylic acids is 1. The second-order valence-electron chi connectivity index (χ2n) is 4.69. The van der Waals surface area contributed by atoms with Crippen LogP contribution in [0.25, 0.3) is 0 Å². The van der Waals surface area contributed by atoms with E-state index in [4.69, 9.17) is 5.11 Å². The van der Waals surface area contributed by atoms with Crippen LogP contribution in [0.1, 0.15) is 20.3 Å². The summed E-state index contributed by atoms with van der Waals surface area (Å²) in [6, 6.07) is 0.466. The summed E-state index contributed by atoms with van der Waals surface area (Å²) in [5.74, 6) is -0.818. The summed E-state index contributed by atoms with van der Waals surface area (Å²) in [5.41, 5.74) is 0. The van der Waals surface area contributed by atoms with Crippen LogP contribution in [0.2, 0.25) is 0 Å². The van der Waals surface area contributed by atoms with Crippen molar-refractivity contribution in [2.24, 2.45) is 5.92 Å². The summed E-state index contributed by atoms with van der Waals surface area (Å²) in [6.07, 6.45) is 3.85. The number of nitrogens with one attached hydrogen (secondary N) is 2. The Labute approximate surface area is 112 Å². The fourth-order valence-corrected chi connectivity index (χ4v) is 1.62. The minimum Gasteiger partial charge on any atom is -0.480 e. The highest BCUT2D eigenvalue weighted by molar-refractivity contribution is 5.82. The van der Waals surface area contributed by atoms with Crippen LogP contribution in [0, 0.1) is 5.92 Å². The van der Waals surface area contributed by atoms with Crippen molar-refractivity contribution < 1.29 is 14.7 Å². The molecule has 0 saturated heterocycles. The van der Waals surface area contributed by atoms with Gasteiger partial charge in [-0.25, -0.2) is 9.59 Å². The molecule has 7 heteroatoms. The summed E-state index contributed by atoms with van der Waals surface area (Å²) in [5, 5.41) is 18.0. The van der Waals surface area contributed by atoms with Gasteiger partial charge in [0, 0.05) is 18.9 Å². The molecule has 0 saturated carbocycles. The first-order valence-electron chi connectivity index (χ1n) is 6.23. The Kier molecular flexibility index (Phi) is 5.84. The summed E-state index contributed by atoms with van der Waals surface area (Å²) >= 11 is 0. The van der Waals surface area contributed by atoms with Gasteiger partial charge in [0.15, 0.2) is 0 Å². The fraction of sp³-hybridized carbons (Fsp3) is 0.583. The number of hydrogen-bond acceptors (Lipinski definition) is 3. The Hall–Kier alpha value is -2.05. The highest BCUT2D eigenvalue weighted by Gasteiger charge is 2.20. The van der Waals surface area contributed by atoms with Gasteiger partial charge in [0.25, 0.3) is 0 Å². The molecule has 0 bridgehead atoms. The van der Waals surface area contributed by atoms with E-state index in [0.29, 0.717) is 19.5 Å².